The lowest BCUT2D eigenvalue weighted by molar-refractivity contribution is -0.182. The molecule has 1 saturated heterocycles. The molecule has 0 radical (unpaired) electrons. The Morgan fingerprint density at radius 2 is 1.87 bits per heavy atom. The number of methoxy groups -OCH3 is 1. The van der Waals surface area contributed by atoms with Crippen molar-refractivity contribution in [2.75, 3.05) is 13.7 Å². The number of amides is 1. The smallest absolute Gasteiger partial charge is 0.409 e. The van der Waals surface area contributed by atoms with Gasteiger partial charge in [0.2, 0.25) is 0 Å². The maximum absolute atomic E-state index is 13.0. The molecule has 2 aliphatic rings. The highest BCUT2D eigenvalue weighted by Crippen LogP contribution is 2.43. The standard InChI is InChI=1S/C22H29F3N4O2/c1-13-11-19(17-5-4-10-28(14(17)2)21(30)31-3)29-20(26-13)12-18(27-29)15-6-8-16(9-7-15)22(23,24)25/h11-12,14-17H,4-10H2,1-3H3/t14-,15-,16-,17+/m1/s1. The molecule has 2 atom stereocenters. The normalized spacial score (nSPS) is 27.5. The van der Waals surface area contributed by atoms with E-state index in [1.807, 2.05) is 30.5 Å². The number of rotatable bonds is 2. The van der Waals surface area contributed by atoms with Crippen molar-refractivity contribution in [3.8, 4) is 0 Å². The van der Waals surface area contributed by atoms with E-state index in [2.05, 4.69) is 4.98 Å². The number of ether oxygens (including phenoxy) is 1. The van der Waals surface area contributed by atoms with Gasteiger partial charge >= 0.3 is 12.3 Å². The average molecular weight is 438 g/mol. The van der Waals surface area contributed by atoms with E-state index in [9.17, 15) is 18.0 Å². The van der Waals surface area contributed by atoms with Crippen LogP contribution in [0.15, 0.2) is 12.1 Å². The van der Waals surface area contributed by atoms with Crippen molar-refractivity contribution in [2.45, 2.75) is 76.4 Å². The van der Waals surface area contributed by atoms with Crippen molar-refractivity contribution >= 4 is 11.7 Å². The fraction of sp³-hybridized carbons (Fsp3) is 0.682. The lowest BCUT2D eigenvalue weighted by Crippen LogP contribution is -2.46. The first-order chi connectivity index (χ1) is 14.7. The zero-order valence-electron chi connectivity index (χ0n) is 18.2. The van der Waals surface area contributed by atoms with Crippen LogP contribution in [-0.4, -0.2) is 51.5 Å². The molecule has 2 fully saturated rings. The Morgan fingerprint density at radius 3 is 2.52 bits per heavy atom. The fourth-order valence-corrected chi connectivity index (χ4v) is 5.24. The minimum absolute atomic E-state index is 0.0174. The Balaban J connectivity index is 1.62. The lowest BCUT2D eigenvalue weighted by Gasteiger charge is -2.38. The Bertz CT molecular complexity index is 950. The number of likely N-dealkylation sites (tertiary alicyclic amines) is 1. The van der Waals surface area contributed by atoms with Gasteiger partial charge in [-0.1, -0.05) is 0 Å². The van der Waals surface area contributed by atoms with Crippen LogP contribution in [0.3, 0.4) is 0 Å². The highest BCUT2D eigenvalue weighted by atomic mass is 19.4. The third-order valence-corrected chi connectivity index (χ3v) is 6.99. The molecule has 2 aromatic heterocycles. The molecule has 31 heavy (non-hydrogen) atoms. The first-order valence-electron chi connectivity index (χ1n) is 11.0. The van der Waals surface area contributed by atoms with E-state index in [1.54, 1.807) is 4.90 Å². The molecule has 0 spiro atoms. The Kier molecular flexibility index (Phi) is 5.87. The van der Waals surface area contributed by atoms with Crippen LogP contribution in [0, 0.1) is 12.8 Å². The molecule has 1 amide bonds. The quantitative estimate of drug-likeness (QED) is 0.646. The third kappa shape index (κ3) is 4.23. The van der Waals surface area contributed by atoms with Gasteiger partial charge in [-0.3, -0.25) is 0 Å². The minimum atomic E-state index is -4.11. The summed E-state index contributed by atoms with van der Waals surface area (Å²) in [5.74, 6) is -1.11. The molecule has 9 heteroatoms. The topological polar surface area (TPSA) is 59.7 Å². The first-order valence-corrected chi connectivity index (χ1v) is 11.0. The van der Waals surface area contributed by atoms with Crippen LogP contribution in [0.1, 0.15) is 74.4 Å². The second-order valence-electron chi connectivity index (χ2n) is 8.90. The van der Waals surface area contributed by atoms with Crippen LogP contribution >= 0.6 is 0 Å². The van der Waals surface area contributed by atoms with E-state index in [0.717, 1.165) is 29.9 Å². The number of piperidine rings is 1. The van der Waals surface area contributed by atoms with Gasteiger partial charge in [-0.15, -0.1) is 0 Å². The molecule has 6 nitrogen and oxygen atoms in total. The van der Waals surface area contributed by atoms with Gasteiger partial charge in [0.1, 0.15) is 0 Å². The van der Waals surface area contributed by atoms with E-state index < -0.39 is 12.1 Å². The van der Waals surface area contributed by atoms with Gasteiger partial charge in [-0.05, 0) is 58.4 Å². The Morgan fingerprint density at radius 1 is 1.16 bits per heavy atom. The van der Waals surface area contributed by atoms with Gasteiger partial charge in [0.25, 0.3) is 0 Å². The average Bonchev–Trinajstić information content (AvgIpc) is 3.16. The molecule has 0 bridgehead atoms. The van der Waals surface area contributed by atoms with E-state index in [4.69, 9.17) is 9.84 Å². The Labute approximate surface area is 179 Å². The van der Waals surface area contributed by atoms with Gasteiger partial charge in [0.15, 0.2) is 5.65 Å². The summed E-state index contributed by atoms with van der Waals surface area (Å²) in [7, 11) is 1.39. The fourth-order valence-electron chi connectivity index (χ4n) is 5.24. The summed E-state index contributed by atoms with van der Waals surface area (Å²) in [6.07, 6.45) is -1.40. The summed E-state index contributed by atoms with van der Waals surface area (Å²) in [4.78, 5) is 18.5. The van der Waals surface area contributed by atoms with Crippen molar-refractivity contribution in [3.63, 3.8) is 0 Å². The summed E-state index contributed by atoms with van der Waals surface area (Å²) in [5.41, 5.74) is 3.37. The number of alkyl halides is 3. The van der Waals surface area contributed by atoms with Gasteiger partial charge < -0.3 is 9.64 Å². The van der Waals surface area contributed by atoms with E-state index in [-0.39, 0.29) is 36.8 Å². The highest BCUT2D eigenvalue weighted by molar-refractivity contribution is 5.68. The van der Waals surface area contributed by atoms with E-state index >= 15 is 0 Å². The van der Waals surface area contributed by atoms with Gasteiger partial charge in [-0.2, -0.15) is 18.3 Å². The number of hydrogen-bond acceptors (Lipinski definition) is 4. The number of aryl methyl sites for hydroxylation is 1. The van der Waals surface area contributed by atoms with Crippen molar-refractivity contribution in [2.24, 2.45) is 5.92 Å². The molecule has 3 heterocycles. The second kappa shape index (κ2) is 8.31. The van der Waals surface area contributed by atoms with Crippen LogP contribution in [0.25, 0.3) is 5.65 Å². The number of halogens is 3. The molecule has 0 N–H and O–H groups in total. The summed E-state index contributed by atoms with van der Waals surface area (Å²) in [6.45, 7) is 4.60. The Hall–Kier alpha value is -2.32. The number of aromatic nitrogens is 3. The second-order valence-corrected chi connectivity index (χ2v) is 8.90. The van der Waals surface area contributed by atoms with Gasteiger partial charge in [-0.25, -0.2) is 14.3 Å². The number of carbonyl (C=O) groups is 1. The van der Waals surface area contributed by atoms with Crippen LogP contribution in [-0.2, 0) is 4.74 Å². The lowest BCUT2D eigenvalue weighted by atomic mass is 9.80. The van der Waals surface area contributed by atoms with Gasteiger partial charge in [0, 0.05) is 36.2 Å². The van der Waals surface area contributed by atoms with Crippen molar-refractivity contribution in [1.29, 1.82) is 0 Å². The highest BCUT2D eigenvalue weighted by Gasteiger charge is 2.42. The van der Waals surface area contributed by atoms with Crippen molar-refractivity contribution in [1.82, 2.24) is 19.5 Å². The van der Waals surface area contributed by atoms with Crippen molar-refractivity contribution in [3.05, 3.63) is 29.2 Å². The maximum atomic E-state index is 13.0. The molecule has 0 unspecified atom stereocenters. The van der Waals surface area contributed by atoms with Crippen LogP contribution in [0.4, 0.5) is 18.0 Å². The number of carbonyl (C=O) groups excluding carboxylic acids is 1. The van der Waals surface area contributed by atoms with Crippen molar-refractivity contribution < 1.29 is 22.7 Å². The molecule has 1 saturated carbocycles. The summed E-state index contributed by atoms with van der Waals surface area (Å²) >= 11 is 0. The monoisotopic (exact) mass is 438 g/mol. The van der Waals surface area contributed by atoms with Gasteiger partial charge in [0.05, 0.1) is 24.4 Å². The molecule has 1 aliphatic heterocycles. The zero-order valence-corrected chi connectivity index (χ0v) is 18.2. The molecular weight excluding hydrogens is 409 g/mol. The summed E-state index contributed by atoms with van der Waals surface area (Å²) in [5, 5.41) is 4.80. The minimum Gasteiger partial charge on any atom is -0.453 e. The van der Waals surface area contributed by atoms with E-state index in [1.165, 1.54) is 7.11 Å². The third-order valence-electron chi connectivity index (χ3n) is 6.99. The maximum Gasteiger partial charge on any atom is 0.409 e. The SMILES string of the molecule is COC(=O)N1CCC[C@H](c2cc(C)nc3cc([C@H]4CC[C@H](C(F)(F)F)CC4)nn23)[C@H]1C. The molecule has 0 aromatic carbocycles. The van der Waals surface area contributed by atoms with Crippen LogP contribution in [0.5, 0.6) is 0 Å². The largest absolute Gasteiger partial charge is 0.453 e. The summed E-state index contributed by atoms with van der Waals surface area (Å²) < 4.78 is 45.9. The first kappa shape index (κ1) is 21.9. The predicted molar refractivity (Wildman–Crippen MR) is 109 cm³/mol. The van der Waals surface area contributed by atoms with Crippen LogP contribution in [0.2, 0.25) is 0 Å². The van der Waals surface area contributed by atoms with Crippen LogP contribution < -0.4 is 0 Å². The number of hydrogen-bond donors (Lipinski definition) is 0. The summed E-state index contributed by atoms with van der Waals surface area (Å²) in [6, 6.07) is 3.87. The van der Waals surface area contributed by atoms with E-state index in [0.29, 0.717) is 25.0 Å². The number of fused-ring (bicyclic) bond motifs is 1. The molecule has 4 rings (SSSR count). The molecule has 1 aliphatic carbocycles. The molecule has 170 valence electrons. The number of nitrogens with zero attached hydrogens (tertiary/aromatic N) is 4. The zero-order chi connectivity index (χ0) is 22.3. The molecule has 2 aromatic rings. The molecular formula is C22H29F3N4O2. The predicted octanol–water partition coefficient (Wildman–Crippen LogP) is 5.21.